The maximum absolute atomic E-state index is 12.7. The molecule has 3 N–H and O–H groups in total. The zero-order valence-corrected chi connectivity index (χ0v) is 13.1. The van der Waals surface area contributed by atoms with Gasteiger partial charge in [0.25, 0.3) is 0 Å². The Morgan fingerprint density at radius 1 is 1.45 bits per heavy atom. The smallest absolute Gasteiger partial charge is 0.407 e. The first-order chi connectivity index (χ1) is 9.41. The second-order valence-electron chi connectivity index (χ2n) is 5.03. The summed E-state index contributed by atoms with van der Waals surface area (Å²) in [4.78, 5) is 25.8. The van der Waals surface area contributed by atoms with Gasteiger partial charge in [0.2, 0.25) is 5.91 Å². The van der Waals surface area contributed by atoms with Crippen molar-refractivity contribution in [2.75, 3.05) is 20.2 Å². The number of nitrogens with one attached hydrogen (secondary N) is 1. The van der Waals surface area contributed by atoms with Crippen molar-refractivity contribution in [1.82, 2.24) is 10.2 Å². The molecule has 0 aromatic heterocycles. The number of thiocarbonyl (C=S) groups is 1. The standard InChI is InChI=1S/C13H23N3O3S/c1-4-13(5-2,10(14)20)11(17)16-7-6-9(8-16)15-12(18)19-3/h9H,4-8H2,1-3H3,(H2,14,20)(H,15,18). The molecule has 1 fully saturated rings. The third-order valence-electron chi connectivity index (χ3n) is 4.07. The number of hydrogen-bond donors (Lipinski definition) is 2. The fourth-order valence-electron chi connectivity index (χ4n) is 2.60. The summed E-state index contributed by atoms with van der Waals surface area (Å²) in [6.45, 7) is 4.90. The number of nitrogens with zero attached hydrogens (tertiary/aromatic N) is 1. The van der Waals surface area contributed by atoms with Crippen LogP contribution in [0.4, 0.5) is 4.79 Å². The van der Waals surface area contributed by atoms with E-state index in [0.29, 0.717) is 32.4 Å². The van der Waals surface area contributed by atoms with E-state index in [1.54, 1.807) is 4.90 Å². The first-order valence-corrected chi connectivity index (χ1v) is 7.25. The molecule has 7 heteroatoms. The quantitative estimate of drug-likeness (QED) is 0.741. The average Bonchev–Trinajstić information content (AvgIpc) is 2.88. The van der Waals surface area contributed by atoms with Crippen molar-refractivity contribution >= 4 is 29.2 Å². The number of alkyl carbamates (subject to hydrolysis) is 1. The number of carbonyl (C=O) groups is 2. The average molecular weight is 301 g/mol. The molecule has 0 radical (unpaired) electrons. The lowest BCUT2D eigenvalue weighted by Crippen LogP contribution is -2.50. The highest BCUT2D eigenvalue weighted by molar-refractivity contribution is 7.80. The van der Waals surface area contributed by atoms with Gasteiger partial charge in [-0.15, -0.1) is 0 Å². The van der Waals surface area contributed by atoms with Crippen LogP contribution in [0.25, 0.3) is 0 Å². The van der Waals surface area contributed by atoms with Crippen LogP contribution in [0, 0.1) is 5.41 Å². The summed E-state index contributed by atoms with van der Waals surface area (Å²) in [6.07, 6.45) is 1.41. The van der Waals surface area contributed by atoms with E-state index >= 15 is 0 Å². The van der Waals surface area contributed by atoms with E-state index < -0.39 is 11.5 Å². The topological polar surface area (TPSA) is 84.7 Å². The number of amides is 2. The van der Waals surface area contributed by atoms with Gasteiger partial charge in [0.15, 0.2) is 0 Å². The molecule has 0 aromatic rings. The summed E-state index contributed by atoms with van der Waals surface area (Å²) in [6, 6.07) is -0.0795. The minimum atomic E-state index is -0.768. The Morgan fingerprint density at radius 3 is 2.50 bits per heavy atom. The van der Waals surface area contributed by atoms with Gasteiger partial charge in [0.05, 0.1) is 23.6 Å². The zero-order chi connectivity index (χ0) is 15.3. The third-order valence-corrected chi connectivity index (χ3v) is 4.46. The Labute approximate surface area is 125 Å². The summed E-state index contributed by atoms with van der Waals surface area (Å²) in [5.41, 5.74) is 5.02. The summed E-state index contributed by atoms with van der Waals surface area (Å²) in [5, 5.41) is 2.71. The number of ether oxygens (including phenoxy) is 1. The van der Waals surface area contributed by atoms with Gasteiger partial charge >= 0.3 is 6.09 Å². The molecule has 1 heterocycles. The molecular weight excluding hydrogens is 278 g/mol. The lowest BCUT2D eigenvalue weighted by Gasteiger charge is -2.33. The number of rotatable bonds is 5. The largest absolute Gasteiger partial charge is 0.453 e. The fraction of sp³-hybridized carbons (Fsp3) is 0.769. The molecule has 6 nitrogen and oxygen atoms in total. The highest BCUT2D eigenvalue weighted by atomic mass is 32.1. The van der Waals surface area contributed by atoms with E-state index in [1.807, 2.05) is 13.8 Å². The van der Waals surface area contributed by atoms with Crippen molar-refractivity contribution in [3.8, 4) is 0 Å². The van der Waals surface area contributed by atoms with Gasteiger partial charge in [-0.05, 0) is 19.3 Å². The van der Waals surface area contributed by atoms with Crippen LogP contribution in [-0.2, 0) is 9.53 Å². The minimum Gasteiger partial charge on any atom is -0.453 e. The fourth-order valence-corrected chi connectivity index (χ4v) is 2.97. The SMILES string of the molecule is CCC(CC)(C(=O)N1CCC(NC(=O)OC)C1)C(N)=S. The molecule has 0 bridgehead atoms. The highest BCUT2D eigenvalue weighted by Crippen LogP contribution is 2.31. The first-order valence-electron chi connectivity index (χ1n) is 6.85. The molecule has 1 atom stereocenters. The van der Waals surface area contributed by atoms with Crippen LogP contribution in [0.2, 0.25) is 0 Å². The molecule has 2 amide bonds. The van der Waals surface area contributed by atoms with Crippen molar-refractivity contribution < 1.29 is 14.3 Å². The molecule has 1 aliphatic heterocycles. The van der Waals surface area contributed by atoms with Crippen molar-refractivity contribution in [2.24, 2.45) is 11.1 Å². The maximum Gasteiger partial charge on any atom is 0.407 e. The Bertz CT molecular complexity index is 396. The van der Waals surface area contributed by atoms with Gasteiger partial charge in [-0.3, -0.25) is 4.79 Å². The molecule has 20 heavy (non-hydrogen) atoms. The van der Waals surface area contributed by atoms with Gasteiger partial charge in [0, 0.05) is 13.1 Å². The van der Waals surface area contributed by atoms with Gasteiger partial charge in [0.1, 0.15) is 0 Å². The minimum absolute atomic E-state index is 0.0378. The van der Waals surface area contributed by atoms with Crippen LogP contribution in [0.1, 0.15) is 33.1 Å². The van der Waals surface area contributed by atoms with Crippen LogP contribution in [0.5, 0.6) is 0 Å². The zero-order valence-electron chi connectivity index (χ0n) is 12.3. The van der Waals surface area contributed by atoms with E-state index in [4.69, 9.17) is 18.0 Å². The summed E-state index contributed by atoms with van der Waals surface area (Å²) < 4.78 is 4.56. The molecule has 114 valence electrons. The van der Waals surface area contributed by atoms with Crippen molar-refractivity contribution in [2.45, 2.75) is 39.2 Å². The van der Waals surface area contributed by atoms with Crippen molar-refractivity contribution in [1.29, 1.82) is 0 Å². The molecule has 0 aromatic carbocycles. The van der Waals surface area contributed by atoms with Crippen LogP contribution in [0.15, 0.2) is 0 Å². The Kier molecular flexibility index (Phi) is 5.74. The summed E-state index contributed by atoms with van der Waals surface area (Å²) in [5.74, 6) is -0.0378. The van der Waals surface area contributed by atoms with E-state index in [9.17, 15) is 9.59 Å². The lowest BCUT2D eigenvalue weighted by atomic mass is 9.81. The maximum atomic E-state index is 12.7. The molecule has 0 aliphatic carbocycles. The van der Waals surface area contributed by atoms with Gasteiger partial charge < -0.3 is 20.7 Å². The molecular formula is C13H23N3O3S. The van der Waals surface area contributed by atoms with E-state index in [0.717, 1.165) is 0 Å². The molecule has 0 spiro atoms. The molecule has 1 saturated heterocycles. The predicted octanol–water partition coefficient (Wildman–Crippen LogP) is 1.04. The summed E-state index contributed by atoms with van der Waals surface area (Å²) >= 11 is 5.10. The third kappa shape index (κ3) is 3.20. The number of carbonyl (C=O) groups excluding carboxylic acids is 2. The van der Waals surface area contributed by atoms with Crippen LogP contribution < -0.4 is 11.1 Å². The van der Waals surface area contributed by atoms with Gasteiger partial charge in [-0.25, -0.2) is 4.79 Å². The molecule has 1 aliphatic rings. The van der Waals surface area contributed by atoms with Crippen LogP contribution >= 0.6 is 12.2 Å². The lowest BCUT2D eigenvalue weighted by molar-refractivity contribution is -0.137. The second kappa shape index (κ2) is 6.88. The monoisotopic (exact) mass is 301 g/mol. The van der Waals surface area contributed by atoms with Crippen molar-refractivity contribution in [3.63, 3.8) is 0 Å². The van der Waals surface area contributed by atoms with Gasteiger partial charge in [-0.2, -0.15) is 0 Å². The highest BCUT2D eigenvalue weighted by Gasteiger charge is 2.43. The van der Waals surface area contributed by atoms with Crippen LogP contribution in [0.3, 0.4) is 0 Å². The molecule has 1 unspecified atom stereocenters. The summed E-state index contributed by atoms with van der Waals surface area (Å²) in [7, 11) is 1.32. The number of nitrogens with two attached hydrogens (primary N) is 1. The van der Waals surface area contributed by atoms with E-state index in [2.05, 4.69) is 10.1 Å². The van der Waals surface area contributed by atoms with Crippen molar-refractivity contribution in [3.05, 3.63) is 0 Å². The van der Waals surface area contributed by atoms with E-state index in [-0.39, 0.29) is 16.9 Å². The van der Waals surface area contributed by atoms with Crippen LogP contribution in [-0.4, -0.2) is 48.1 Å². The Hall–Kier alpha value is -1.37. The number of likely N-dealkylation sites (tertiary alicyclic amines) is 1. The predicted molar refractivity (Wildman–Crippen MR) is 80.3 cm³/mol. The molecule has 1 rings (SSSR count). The second-order valence-corrected chi connectivity index (χ2v) is 5.47. The Morgan fingerprint density at radius 2 is 2.05 bits per heavy atom. The van der Waals surface area contributed by atoms with E-state index in [1.165, 1.54) is 7.11 Å². The number of methoxy groups -OCH3 is 1. The van der Waals surface area contributed by atoms with Gasteiger partial charge in [-0.1, -0.05) is 26.1 Å². The number of hydrogen-bond acceptors (Lipinski definition) is 4. The molecule has 0 saturated carbocycles. The first kappa shape index (κ1) is 16.7. The normalized spacial score (nSPS) is 18.8. The Balaban J connectivity index is 2.74.